The predicted octanol–water partition coefficient (Wildman–Crippen LogP) is 2.48. The lowest BCUT2D eigenvalue weighted by Crippen LogP contribution is -2.35. The summed E-state index contributed by atoms with van der Waals surface area (Å²) in [6, 6.07) is 5.98. The minimum absolute atomic E-state index is 0. The van der Waals surface area contributed by atoms with Crippen LogP contribution in [-0.2, 0) is 9.53 Å². The highest BCUT2D eigenvalue weighted by molar-refractivity contribution is 6.31. The molecule has 1 aliphatic heterocycles. The van der Waals surface area contributed by atoms with Gasteiger partial charge in [0.15, 0.2) is 0 Å². The van der Waals surface area contributed by atoms with Crippen LogP contribution in [0.3, 0.4) is 0 Å². The van der Waals surface area contributed by atoms with Gasteiger partial charge < -0.3 is 15.4 Å². The van der Waals surface area contributed by atoms with Crippen molar-refractivity contribution in [2.24, 2.45) is 5.92 Å². The Morgan fingerprint density at radius 2 is 2.29 bits per heavy atom. The number of carbonyl (C=O) groups excluding carboxylic acids is 1. The van der Waals surface area contributed by atoms with E-state index in [2.05, 4.69) is 16.7 Å². The van der Waals surface area contributed by atoms with Crippen LogP contribution in [0.5, 0.6) is 0 Å². The molecule has 0 spiro atoms. The maximum absolute atomic E-state index is 11.1. The first-order valence-corrected chi connectivity index (χ1v) is 7.28. The van der Waals surface area contributed by atoms with Crippen LogP contribution in [0.1, 0.15) is 24.2 Å². The standard InChI is InChI=1S/C15H21ClN2O2.ClH/c1-10-7-12(3-4-14(10)16)15-13(9-18-11(2)19)8-17-5-6-20-15;/h3-4,7,13,15,17H,5-6,8-9H2,1-2H3,(H,18,19);1H/t13-,15-;/m0./s1. The van der Waals surface area contributed by atoms with Crippen LogP contribution in [0, 0.1) is 12.8 Å². The van der Waals surface area contributed by atoms with Crippen LogP contribution in [-0.4, -0.2) is 32.1 Å². The second kappa shape index (κ2) is 8.59. The zero-order valence-electron chi connectivity index (χ0n) is 12.3. The van der Waals surface area contributed by atoms with Gasteiger partial charge in [-0.1, -0.05) is 23.7 Å². The van der Waals surface area contributed by atoms with Crippen LogP contribution >= 0.6 is 24.0 Å². The quantitative estimate of drug-likeness (QED) is 0.894. The second-order valence-electron chi connectivity index (χ2n) is 5.20. The van der Waals surface area contributed by atoms with Crippen LogP contribution < -0.4 is 10.6 Å². The van der Waals surface area contributed by atoms with Crippen LogP contribution in [0.4, 0.5) is 0 Å². The number of rotatable bonds is 3. The lowest BCUT2D eigenvalue weighted by atomic mass is 9.94. The highest BCUT2D eigenvalue weighted by Crippen LogP contribution is 2.29. The summed E-state index contributed by atoms with van der Waals surface area (Å²) in [5.74, 6) is 0.197. The zero-order chi connectivity index (χ0) is 14.5. The first-order chi connectivity index (χ1) is 9.58. The van der Waals surface area contributed by atoms with Gasteiger partial charge in [0.1, 0.15) is 0 Å². The predicted molar refractivity (Wildman–Crippen MR) is 87.2 cm³/mol. The summed E-state index contributed by atoms with van der Waals surface area (Å²) in [5, 5.41) is 6.99. The Morgan fingerprint density at radius 1 is 1.52 bits per heavy atom. The molecule has 1 aliphatic rings. The first kappa shape index (κ1) is 18.2. The number of hydrogen-bond donors (Lipinski definition) is 2. The fourth-order valence-electron chi connectivity index (χ4n) is 2.46. The highest BCUT2D eigenvalue weighted by Gasteiger charge is 2.26. The molecule has 2 atom stereocenters. The third kappa shape index (κ3) is 5.15. The van der Waals surface area contributed by atoms with E-state index in [9.17, 15) is 4.79 Å². The summed E-state index contributed by atoms with van der Waals surface area (Å²) in [5.41, 5.74) is 2.16. The summed E-state index contributed by atoms with van der Waals surface area (Å²) in [6.07, 6.45) is -0.0205. The maximum atomic E-state index is 11.1. The molecule has 0 saturated carbocycles. The molecular formula is C15H22Cl2N2O2. The lowest BCUT2D eigenvalue weighted by molar-refractivity contribution is -0.119. The molecule has 4 nitrogen and oxygen atoms in total. The fraction of sp³-hybridized carbons (Fsp3) is 0.533. The van der Waals surface area contributed by atoms with Crippen LogP contribution in [0.15, 0.2) is 18.2 Å². The largest absolute Gasteiger partial charge is 0.372 e. The maximum Gasteiger partial charge on any atom is 0.216 e. The Labute approximate surface area is 137 Å². The molecule has 1 aromatic carbocycles. The monoisotopic (exact) mass is 332 g/mol. The van der Waals surface area contributed by atoms with Gasteiger partial charge in [-0.3, -0.25) is 4.79 Å². The molecule has 6 heteroatoms. The van der Waals surface area contributed by atoms with Gasteiger partial charge in [-0.05, 0) is 24.1 Å². The number of halogens is 2. The Hall–Kier alpha value is -0.810. The third-order valence-corrected chi connectivity index (χ3v) is 3.96. The van der Waals surface area contributed by atoms with E-state index in [1.165, 1.54) is 6.92 Å². The lowest BCUT2D eigenvalue weighted by Gasteiger charge is -2.25. The molecule has 0 radical (unpaired) electrons. The van der Waals surface area contributed by atoms with Gasteiger partial charge in [0.05, 0.1) is 12.7 Å². The van der Waals surface area contributed by atoms with Crippen molar-refractivity contribution >= 4 is 29.9 Å². The van der Waals surface area contributed by atoms with Crippen molar-refractivity contribution in [3.05, 3.63) is 34.3 Å². The second-order valence-corrected chi connectivity index (χ2v) is 5.61. The van der Waals surface area contributed by atoms with Gasteiger partial charge >= 0.3 is 0 Å². The van der Waals surface area contributed by atoms with Gasteiger partial charge in [-0.25, -0.2) is 0 Å². The van der Waals surface area contributed by atoms with Crippen molar-refractivity contribution in [1.29, 1.82) is 0 Å². The molecule has 2 rings (SSSR count). The molecule has 1 fully saturated rings. The number of aryl methyl sites for hydroxylation is 1. The molecule has 1 heterocycles. The molecule has 0 unspecified atom stereocenters. The number of hydrogen-bond acceptors (Lipinski definition) is 3. The van der Waals surface area contributed by atoms with Crippen molar-refractivity contribution in [2.75, 3.05) is 26.2 Å². The van der Waals surface area contributed by atoms with Crippen molar-refractivity contribution in [1.82, 2.24) is 10.6 Å². The van der Waals surface area contributed by atoms with E-state index in [1.807, 2.05) is 19.1 Å². The Balaban J connectivity index is 0.00000220. The van der Waals surface area contributed by atoms with E-state index >= 15 is 0 Å². The van der Waals surface area contributed by atoms with Crippen molar-refractivity contribution < 1.29 is 9.53 Å². The minimum Gasteiger partial charge on any atom is -0.372 e. The average Bonchev–Trinajstić information content (AvgIpc) is 2.65. The summed E-state index contributed by atoms with van der Waals surface area (Å²) >= 11 is 6.08. The molecule has 1 saturated heterocycles. The summed E-state index contributed by atoms with van der Waals surface area (Å²) < 4.78 is 5.97. The topological polar surface area (TPSA) is 50.4 Å². The van der Waals surface area contributed by atoms with Crippen LogP contribution in [0.25, 0.3) is 0 Å². The van der Waals surface area contributed by atoms with E-state index < -0.39 is 0 Å². The molecular weight excluding hydrogens is 311 g/mol. The Kier molecular flexibility index (Phi) is 7.46. The number of carbonyl (C=O) groups is 1. The normalized spacial score (nSPS) is 22.0. The van der Waals surface area contributed by atoms with E-state index in [0.717, 1.165) is 29.2 Å². The molecule has 1 aromatic rings. The van der Waals surface area contributed by atoms with Gasteiger partial charge in [0.2, 0.25) is 5.91 Å². The molecule has 0 bridgehead atoms. The summed E-state index contributed by atoms with van der Waals surface area (Å²) in [7, 11) is 0. The van der Waals surface area contributed by atoms with Crippen molar-refractivity contribution in [3.63, 3.8) is 0 Å². The molecule has 0 aromatic heterocycles. The van der Waals surface area contributed by atoms with Gasteiger partial charge in [0, 0.05) is 37.5 Å². The molecule has 21 heavy (non-hydrogen) atoms. The zero-order valence-corrected chi connectivity index (χ0v) is 13.9. The smallest absolute Gasteiger partial charge is 0.216 e. The summed E-state index contributed by atoms with van der Waals surface area (Å²) in [6.45, 7) is 6.46. The molecule has 0 aliphatic carbocycles. The van der Waals surface area contributed by atoms with Gasteiger partial charge in [-0.15, -0.1) is 12.4 Å². The van der Waals surface area contributed by atoms with Gasteiger partial charge in [0.25, 0.3) is 0 Å². The van der Waals surface area contributed by atoms with E-state index in [-0.39, 0.29) is 30.3 Å². The first-order valence-electron chi connectivity index (χ1n) is 6.90. The van der Waals surface area contributed by atoms with E-state index in [1.54, 1.807) is 0 Å². The molecule has 1 amide bonds. The van der Waals surface area contributed by atoms with E-state index in [0.29, 0.717) is 13.2 Å². The molecule has 2 N–H and O–H groups in total. The Morgan fingerprint density at radius 3 is 2.95 bits per heavy atom. The average molecular weight is 333 g/mol. The minimum atomic E-state index is -0.0205. The SMILES string of the molecule is CC(=O)NC[C@@H]1CNCCO[C@H]1c1ccc(Cl)c(C)c1.Cl. The fourth-order valence-corrected chi connectivity index (χ4v) is 2.57. The van der Waals surface area contributed by atoms with E-state index in [4.69, 9.17) is 16.3 Å². The van der Waals surface area contributed by atoms with Crippen molar-refractivity contribution in [2.45, 2.75) is 20.0 Å². The van der Waals surface area contributed by atoms with Crippen LogP contribution in [0.2, 0.25) is 5.02 Å². The molecule has 118 valence electrons. The number of ether oxygens (including phenoxy) is 1. The third-order valence-electron chi connectivity index (χ3n) is 3.53. The Bertz CT molecular complexity index is 483. The summed E-state index contributed by atoms with van der Waals surface area (Å²) in [4.78, 5) is 11.1. The van der Waals surface area contributed by atoms with Crippen molar-refractivity contribution in [3.8, 4) is 0 Å². The number of amides is 1. The highest BCUT2D eigenvalue weighted by atomic mass is 35.5. The number of nitrogens with one attached hydrogen (secondary N) is 2. The van der Waals surface area contributed by atoms with Gasteiger partial charge in [-0.2, -0.15) is 0 Å². The number of benzene rings is 1.